The number of rotatable bonds is 9. The van der Waals surface area contributed by atoms with Gasteiger partial charge < -0.3 is 4.74 Å². The van der Waals surface area contributed by atoms with Gasteiger partial charge in [0.15, 0.2) is 11.6 Å². The lowest BCUT2D eigenvalue weighted by Crippen LogP contribution is -2.34. The molecule has 0 bridgehead atoms. The van der Waals surface area contributed by atoms with Crippen LogP contribution in [-0.4, -0.2) is 30.1 Å². The van der Waals surface area contributed by atoms with Crippen molar-refractivity contribution >= 4 is 11.6 Å². The quantitative estimate of drug-likeness (QED) is 0.228. The highest BCUT2D eigenvalue weighted by Crippen LogP contribution is 2.36. The third kappa shape index (κ3) is 4.60. The van der Waals surface area contributed by atoms with E-state index in [2.05, 4.69) is 0 Å². The number of ether oxygens (including phenoxy) is 1. The first-order valence-electron chi connectivity index (χ1n) is 9.46. The van der Waals surface area contributed by atoms with Gasteiger partial charge >= 0.3 is 0 Å². The Hall–Kier alpha value is -3.80. The summed E-state index contributed by atoms with van der Waals surface area (Å²) in [5, 5.41) is 11.5. The summed E-state index contributed by atoms with van der Waals surface area (Å²) in [5.74, 6) is -2.77. The minimum Gasteiger partial charge on any atom is -0.496 e. The van der Waals surface area contributed by atoms with Gasteiger partial charge in [-0.1, -0.05) is 78.9 Å². The molecule has 3 rings (SSSR count). The summed E-state index contributed by atoms with van der Waals surface area (Å²) >= 11 is 0. The lowest BCUT2D eigenvalue weighted by atomic mass is 9.76. The van der Waals surface area contributed by atoms with Gasteiger partial charge in [-0.05, 0) is 6.07 Å². The molecule has 0 radical (unpaired) electrons. The predicted molar refractivity (Wildman–Crippen MR) is 113 cm³/mol. The van der Waals surface area contributed by atoms with Crippen LogP contribution in [0.25, 0.3) is 0 Å². The van der Waals surface area contributed by atoms with Crippen molar-refractivity contribution in [2.75, 3.05) is 13.7 Å². The molecule has 0 spiro atoms. The molecule has 0 aromatic heterocycles. The molecule has 0 heterocycles. The first-order valence-corrected chi connectivity index (χ1v) is 9.46. The van der Waals surface area contributed by atoms with Gasteiger partial charge in [0.25, 0.3) is 0 Å². The van der Waals surface area contributed by atoms with E-state index in [0.717, 1.165) is 0 Å². The second-order valence-electron chi connectivity index (χ2n) is 6.80. The summed E-state index contributed by atoms with van der Waals surface area (Å²) in [4.78, 5) is 38.0. The van der Waals surface area contributed by atoms with Crippen molar-refractivity contribution in [2.24, 2.45) is 5.92 Å². The molecule has 0 aliphatic carbocycles. The van der Waals surface area contributed by atoms with Gasteiger partial charge in [0, 0.05) is 21.6 Å². The van der Waals surface area contributed by atoms with Crippen LogP contribution < -0.4 is 4.74 Å². The van der Waals surface area contributed by atoms with Crippen molar-refractivity contribution in [3.05, 3.63) is 112 Å². The molecule has 1 unspecified atom stereocenters. The summed E-state index contributed by atoms with van der Waals surface area (Å²) in [7, 11) is 1.45. The lowest BCUT2D eigenvalue weighted by molar-refractivity contribution is -0.484. The lowest BCUT2D eigenvalue weighted by Gasteiger charge is -2.24. The largest absolute Gasteiger partial charge is 0.496 e. The van der Waals surface area contributed by atoms with Crippen LogP contribution in [0.3, 0.4) is 0 Å². The number of hydrogen-bond acceptors (Lipinski definition) is 5. The van der Waals surface area contributed by atoms with Crippen molar-refractivity contribution < 1.29 is 19.2 Å². The van der Waals surface area contributed by atoms with E-state index in [4.69, 9.17) is 4.74 Å². The van der Waals surface area contributed by atoms with E-state index >= 15 is 0 Å². The first-order chi connectivity index (χ1) is 14.5. The van der Waals surface area contributed by atoms with Crippen molar-refractivity contribution in [3.8, 4) is 5.75 Å². The SMILES string of the molecule is COc1ccccc1C(C[N+](=O)[O-])C(C(=O)c1ccccc1)C(=O)c1ccccc1. The van der Waals surface area contributed by atoms with Gasteiger partial charge in [0.1, 0.15) is 5.75 Å². The standard InChI is InChI=1S/C24H21NO5/c1-30-21-15-9-8-14-19(21)20(16-25(28)29)22(23(26)17-10-4-2-5-11-17)24(27)18-12-6-3-7-13-18/h2-15,20,22H,16H2,1H3. The molecular formula is C24H21NO5. The number of carbonyl (C=O) groups is 2. The van der Waals surface area contributed by atoms with Crippen molar-refractivity contribution in [3.63, 3.8) is 0 Å². The first kappa shape index (κ1) is 20.9. The Morgan fingerprint density at radius 1 is 0.833 bits per heavy atom. The molecule has 0 saturated heterocycles. The van der Waals surface area contributed by atoms with Crippen LogP contribution in [0.4, 0.5) is 0 Å². The van der Waals surface area contributed by atoms with E-state index in [-0.39, 0.29) is 0 Å². The van der Waals surface area contributed by atoms with Gasteiger partial charge in [-0.15, -0.1) is 0 Å². The van der Waals surface area contributed by atoms with E-state index in [1.807, 2.05) is 0 Å². The van der Waals surface area contributed by atoms with Crippen LogP contribution >= 0.6 is 0 Å². The number of carbonyl (C=O) groups excluding carboxylic acids is 2. The maximum Gasteiger partial charge on any atom is 0.211 e. The van der Waals surface area contributed by atoms with Crippen LogP contribution in [0, 0.1) is 16.0 Å². The highest BCUT2D eigenvalue weighted by atomic mass is 16.6. The van der Waals surface area contributed by atoms with Crippen LogP contribution in [0.1, 0.15) is 32.2 Å². The van der Waals surface area contributed by atoms with Crippen LogP contribution in [0.15, 0.2) is 84.9 Å². The molecule has 152 valence electrons. The van der Waals surface area contributed by atoms with Crippen molar-refractivity contribution in [1.82, 2.24) is 0 Å². The zero-order valence-corrected chi connectivity index (χ0v) is 16.4. The number of benzene rings is 3. The number of para-hydroxylation sites is 1. The molecule has 0 fully saturated rings. The molecule has 0 N–H and O–H groups in total. The van der Waals surface area contributed by atoms with Gasteiger partial charge in [-0.3, -0.25) is 19.7 Å². The Labute approximate surface area is 174 Å². The zero-order chi connectivity index (χ0) is 21.5. The molecule has 0 amide bonds. The Morgan fingerprint density at radius 2 is 1.30 bits per heavy atom. The molecule has 0 aliphatic rings. The summed E-state index contributed by atoms with van der Waals surface area (Å²) in [5.41, 5.74) is 1.11. The Bertz CT molecular complexity index is 982. The predicted octanol–water partition coefficient (Wildman–Crippen LogP) is 4.44. The van der Waals surface area contributed by atoms with E-state index in [9.17, 15) is 19.7 Å². The molecule has 0 aliphatic heterocycles. The minimum absolute atomic E-state index is 0.329. The average Bonchev–Trinajstić information content (AvgIpc) is 2.79. The van der Waals surface area contributed by atoms with E-state index < -0.39 is 34.9 Å². The summed E-state index contributed by atoms with van der Waals surface area (Å²) in [6, 6.07) is 23.5. The molecule has 6 nitrogen and oxygen atoms in total. The number of Topliss-reactive ketones (excluding diaryl/α,β-unsaturated/α-hetero) is 2. The zero-order valence-electron chi connectivity index (χ0n) is 16.4. The fourth-order valence-electron chi connectivity index (χ4n) is 3.57. The molecule has 1 atom stereocenters. The van der Waals surface area contributed by atoms with Crippen LogP contribution in [0.2, 0.25) is 0 Å². The number of methoxy groups -OCH3 is 1. The molecule has 3 aromatic rings. The fraction of sp³-hybridized carbons (Fsp3) is 0.167. The topological polar surface area (TPSA) is 86.5 Å². The Morgan fingerprint density at radius 3 is 1.77 bits per heavy atom. The number of nitrogens with zero attached hydrogens (tertiary/aromatic N) is 1. The second kappa shape index (κ2) is 9.60. The highest BCUT2D eigenvalue weighted by Gasteiger charge is 2.40. The average molecular weight is 403 g/mol. The van der Waals surface area contributed by atoms with Crippen LogP contribution in [0.5, 0.6) is 5.75 Å². The van der Waals surface area contributed by atoms with Crippen molar-refractivity contribution in [2.45, 2.75) is 5.92 Å². The number of nitro groups is 1. The van der Waals surface area contributed by atoms with Gasteiger partial charge in [-0.2, -0.15) is 0 Å². The third-order valence-corrected chi connectivity index (χ3v) is 4.97. The second-order valence-corrected chi connectivity index (χ2v) is 6.80. The van der Waals surface area contributed by atoms with Crippen molar-refractivity contribution in [1.29, 1.82) is 0 Å². The number of ketones is 2. The monoisotopic (exact) mass is 403 g/mol. The molecule has 30 heavy (non-hydrogen) atoms. The maximum absolute atomic E-state index is 13.5. The van der Waals surface area contributed by atoms with Crippen LogP contribution in [-0.2, 0) is 0 Å². The Kier molecular flexibility index (Phi) is 6.70. The molecule has 3 aromatic carbocycles. The third-order valence-electron chi connectivity index (χ3n) is 4.97. The minimum atomic E-state index is -1.27. The summed E-state index contributed by atoms with van der Waals surface area (Å²) in [6.07, 6.45) is 0. The van der Waals surface area contributed by atoms with Gasteiger partial charge in [0.2, 0.25) is 6.54 Å². The summed E-state index contributed by atoms with van der Waals surface area (Å²) in [6.45, 7) is -0.581. The fourth-order valence-corrected chi connectivity index (χ4v) is 3.57. The highest BCUT2D eigenvalue weighted by molar-refractivity contribution is 6.16. The molecular weight excluding hydrogens is 382 g/mol. The molecule has 6 heteroatoms. The van der Waals surface area contributed by atoms with Gasteiger partial charge in [-0.25, -0.2) is 0 Å². The summed E-state index contributed by atoms with van der Waals surface area (Å²) < 4.78 is 5.38. The Balaban J connectivity index is 2.17. The smallest absolute Gasteiger partial charge is 0.211 e. The molecule has 0 saturated carbocycles. The van der Waals surface area contributed by atoms with E-state index in [0.29, 0.717) is 22.4 Å². The van der Waals surface area contributed by atoms with E-state index in [1.165, 1.54) is 7.11 Å². The van der Waals surface area contributed by atoms with Gasteiger partial charge in [0.05, 0.1) is 18.9 Å². The number of hydrogen-bond donors (Lipinski definition) is 0. The van der Waals surface area contributed by atoms with E-state index in [1.54, 1.807) is 84.9 Å². The maximum atomic E-state index is 13.5. The normalized spacial score (nSPS) is 11.7.